The molecule has 1 fully saturated rings. The normalized spacial score (nSPS) is 23.1. The van der Waals surface area contributed by atoms with Crippen LogP contribution in [0.4, 0.5) is 0 Å². The Morgan fingerprint density at radius 2 is 2.18 bits per heavy atom. The molecule has 0 spiro atoms. The summed E-state index contributed by atoms with van der Waals surface area (Å²) in [4.78, 5) is 2.21. The van der Waals surface area contributed by atoms with Crippen molar-refractivity contribution in [3.63, 3.8) is 0 Å². The highest BCUT2D eigenvalue weighted by molar-refractivity contribution is 7.90. The summed E-state index contributed by atoms with van der Waals surface area (Å²) in [6.07, 6.45) is 4.27. The van der Waals surface area contributed by atoms with E-state index in [1.54, 1.807) is 0 Å². The fourth-order valence-corrected chi connectivity index (χ4v) is 5.07. The summed E-state index contributed by atoms with van der Waals surface area (Å²) >= 11 is 0. The highest BCUT2D eigenvalue weighted by Crippen LogP contribution is 2.21. The number of rotatable bonds is 5. The van der Waals surface area contributed by atoms with Crippen molar-refractivity contribution in [3.8, 4) is 0 Å². The number of sulfonamides is 1. The van der Waals surface area contributed by atoms with E-state index in [0.717, 1.165) is 31.7 Å². The molecule has 3 heterocycles. The predicted octanol–water partition coefficient (Wildman–Crippen LogP) is 1.12. The van der Waals surface area contributed by atoms with Gasteiger partial charge < -0.3 is 0 Å². The summed E-state index contributed by atoms with van der Waals surface area (Å²) in [5.74, 6) is 0. The summed E-state index contributed by atoms with van der Waals surface area (Å²) in [7, 11) is -3.20. The maximum absolute atomic E-state index is 12.2. The number of aromatic nitrogens is 2. The lowest BCUT2D eigenvalue weighted by atomic mass is 10.1. The predicted molar refractivity (Wildman–Crippen MR) is 86.0 cm³/mol. The van der Waals surface area contributed by atoms with Gasteiger partial charge in [0.25, 0.3) is 0 Å². The lowest BCUT2D eigenvalue weighted by Crippen LogP contribution is -2.39. The highest BCUT2D eigenvalue weighted by Gasteiger charge is 2.33. The molecule has 1 atom stereocenters. The molecule has 2 aliphatic heterocycles. The fraction of sp³-hybridized carbons (Fsp3) is 0.800. The van der Waals surface area contributed by atoms with Crippen molar-refractivity contribution in [3.05, 3.63) is 17.5 Å². The van der Waals surface area contributed by atoms with Crippen LogP contribution in [0.2, 0.25) is 0 Å². The molecule has 1 aromatic rings. The molecule has 0 radical (unpaired) electrons. The van der Waals surface area contributed by atoms with Gasteiger partial charge in [-0.1, -0.05) is 0 Å². The minimum absolute atomic E-state index is 0.0427. The Morgan fingerprint density at radius 3 is 2.91 bits per heavy atom. The molecule has 0 saturated carbocycles. The van der Waals surface area contributed by atoms with E-state index in [2.05, 4.69) is 25.5 Å². The number of hydrogen-bond donors (Lipinski definition) is 1. The van der Waals surface area contributed by atoms with Gasteiger partial charge >= 0.3 is 0 Å². The molecule has 2 aliphatic rings. The fourth-order valence-electron chi connectivity index (χ4n) is 3.40. The number of likely N-dealkylation sites (tertiary alicyclic amines) is 1. The van der Waals surface area contributed by atoms with E-state index in [9.17, 15) is 8.42 Å². The molecule has 1 aromatic heterocycles. The molecular formula is C15H26N4O2S. The first-order chi connectivity index (χ1) is 10.4. The standard InChI is InChI=1S/C15H26N4O2S/c1-12(2)17-22(20,21)15-6-8-18(11-15)10-13-9-14-5-3-4-7-19(14)16-13/h9,12,15,17H,3-8,10-11H2,1-2H3. The second kappa shape index (κ2) is 6.29. The van der Waals surface area contributed by atoms with Gasteiger partial charge in [0.15, 0.2) is 0 Å². The minimum Gasteiger partial charge on any atom is -0.296 e. The maximum atomic E-state index is 12.2. The molecule has 3 rings (SSSR count). The second-order valence-corrected chi connectivity index (χ2v) is 8.76. The average molecular weight is 326 g/mol. The van der Waals surface area contributed by atoms with E-state index in [0.29, 0.717) is 13.0 Å². The van der Waals surface area contributed by atoms with Crippen molar-refractivity contribution in [2.24, 2.45) is 0 Å². The molecule has 1 saturated heterocycles. The molecule has 1 N–H and O–H groups in total. The molecular weight excluding hydrogens is 300 g/mol. The van der Waals surface area contributed by atoms with Gasteiger partial charge in [0.2, 0.25) is 10.0 Å². The molecule has 0 bridgehead atoms. The summed E-state index contributed by atoms with van der Waals surface area (Å²) in [6.45, 7) is 6.92. The Bertz CT molecular complexity index is 600. The van der Waals surface area contributed by atoms with Crippen molar-refractivity contribution in [2.75, 3.05) is 13.1 Å². The van der Waals surface area contributed by atoms with Crippen LogP contribution in [0.15, 0.2) is 6.07 Å². The van der Waals surface area contributed by atoms with Gasteiger partial charge in [-0.15, -0.1) is 0 Å². The summed E-state index contributed by atoms with van der Waals surface area (Å²) in [6, 6.07) is 2.15. The molecule has 7 heteroatoms. The Balaban J connectivity index is 1.60. The van der Waals surface area contributed by atoms with Crippen LogP contribution in [0.25, 0.3) is 0 Å². The Labute approximate surface area is 132 Å². The largest absolute Gasteiger partial charge is 0.296 e. The Kier molecular flexibility index (Phi) is 4.56. The van der Waals surface area contributed by atoms with E-state index in [4.69, 9.17) is 0 Å². The zero-order valence-electron chi connectivity index (χ0n) is 13.5. The van der Waals surface area contributed by atoms with Crippen molar-refractivity contribution in [1.29, 1.82) is 0 Å². The zero-order chi connectivity index (χ0) is 15.7. The number of aryl methyl sites for hydroxylation is 2. The zero-order valence-corrected chi connectivity index (χ0v) is 14.3. The van der Waals surface area contributed by atoms with Crippen LogP contribution < -0.4 is 4.72 Å². The van der Waals surface area contributed by atoms with E-state index in [1.165, 1.54) is 18.5 Å². The van der Waals surface area contributed by atoms with Gasteiger partial charge in [-0.05, 0) is 52.1 Å². The number of nitrogens with one attached hydrogen (secondary N) is 1. The minimum atomic E-state index is -3.20. The van der Waals surface area contributed by atoms with Gasteiger partial charge in [-0.3, -0.25) is 9.58 Å². The van der Waals surface area contributed by atoms with Crippen molar-refractivity contribution < 1.29 is 8.42 Å². The molecule has 0 amide bonds. The van der Waals surface area contributed by atoms with Crippen molar-refractivity contribution >= 4 is 10.0 Å². The van der Waals surface area contributed by atoms with Gasteiger partial charge in [0.05, 0.1) is 10.9 Å². The second-order valence-electron chi connectivity index (χ2n) is 6.77. The van der Waals surface area contributed by atoms with Crippen LogP contribution in [0.1, 0.15) is 44.5 Å². The lowest BCUT2D eigenvalue weighted by molar-refractivity contribution is 0.324. The van der Waals surface area contributed by atoms with Crippen molar-refractivity contribution in [1.82, 2.24) is 19.4 Å². The third-order valence-electron chi connectivity index (χ3n) is 4.42. The smallest absolute Gasteiger partial charge is 0.216 e. The lowest BCUT2D eigenvalue weighted by Gasteiger charge is -2.16. The van der Waals surface area contributed by atoms with E-state index in [-0.39, 0.29) is 11.3 Å². The summed E-state index contributed by atoms with van der Waals surface area (Å²) < 4.78 is 29.3. The Hall–Kier alpha value is -0.920. The average Bonchev–Trinajstić information content (AvgIpc) is 3.03. The molecule has 6 nitrogen and oxygen atoms in total. The van der Waals surface area contributed by atoms with Crippen LogP contribution in [0.5, 0.6) is 0 Å². The molecule has 22 heavy (non-hydrogen) atoms. The summed E-state index contributed by atoms with van der Waals surface area (Å²) in [5, 5.41) is 4.36. The third kappa shape index (κ3) is 3.52. The first-order valence-corrected chi connectivity index (χ1v) is 9.78. The highest BCUT2D eigenvalue weighted by atomic mass is 32.2. The number of hydrogen-bond acceptors (Lipinski definition) is 4. The van der Waals surface area contributed by atoms with E-state index >= 15 is 0 Å². The first kappa shape index (κ1) is 16.0. The van der Waals surface area contributed by atoms with Gasteiger partial charge in [-0.2, -0.15) is 5.10 Å². The van der Waals surface area contributed by atoms with Gasteiger partial charge in [0, 0.05) is 31.4 Å². The third-order valence-corrected chi connectivity index (χ3v) is 6.48. The number of nitrogens with zero attached hydrogens (tertiary/aromatic N) is 3. The van der Waals surface area contributed by atoms with Crippen LogP contribution in [-0.2, 0) is 29.5 Å². The molecule has 1 unspecified atom stereocenters. The van der Waals surface area contributed by atoms with Gasteiger partial charge in [-0.25, -0.2) is 13.1 Å². The summed E-state index contributed by atoms with van der Waals surface area (Å²) in [5.41, 5.74) is 2.40. The SMILES string of the molecule is CC(C)NS(=O)(=O)C1CCN(Cc2cc3n(n2)CCCC3)C1. The van der Waals surface area contributed by atoms with Crippen molar-refractivity contribution in [2.45, 2.75) is 63.9 Å². The Morgan fingerprint density at radius 1 is 1.36 bits per heavy atom. The quantitative estimate of drug-likeness (QED) is 0.880. The van der Waals surface area contributed by atoms with E-state index < -0.39 is 10.0 Å². The maximum Gasteiger partial charge on any atom is 0.216 e. The van der Waals surface area contributed by atoms with Gasteiger partial charge in [0.1, 0.15) is 0 Å². The monoisotopic (exact) mass is 326 g/mol. The number of fused-ring (bicyclic) bond motifs is 1. The van der Waals surface area contributed by atoms with Crippen LogP contribution in [0, 0.1) is 0 Å². The topological polar surface area (TPSA) is 67.2 Å². The molecule has 0 aliphatic carbocycles. The molecule has 124 valence electrons. The van der Waals surface area contributed by atoms with Crippen LogP contribution >= 0.6 is 0 Å². The van der Waals surface area contributed by atoms with Crippen LogP contribution in [-0.4, -0.2) is 47.5 Å². The molecule has 0 aromatic carbocycles. The van der Waals surface area contributed by atoms with Crippen LogP contribution in [0.3, 0.4) is 0 Å². The van der Waals surface area contributed by atoms with E-state index in [1.807, 2.05) is 13.8 Å². The first-order valence-electron chi connectivity index (χ1n) is 8.23.